The van der Waals surface area contributed by atoms with Crippen LogP contribution in [0.15, 0.2) is 29.3 Å². The van der Waals surface area contributed by atoms with E-state index >= 15 is 0 Å². The van der Waals surface area contributed by atoms with Crippen molar-refractivity contribution in [2.75, 3.05) is 26.2 Å². The van der Waals surface area contributed by atoms with E-state index in [1.54, 1.807) is 12.1 Å². The number of aliphatic imine (C=N–C) groups is 1. The molecule has 1 heterocycles. The van der Waals surface area contributed by atoms with E-state index in [2.05, 4.69) is 41.3 Å². The summed E-state index contributed by atoms with van der Waals surface area (Å²) in [5.41, 5.74) is 1.01. The van der Waals surface area contributed by atoms with Crippen LogP contribution in [0, 0.1) is 11.7 Å². The van der Waals surface area contributed by atoms with Gasteiger partial charge < -0.3 is 15.5 Å². The molecular formula is C19H31FN4. The summed E-state index contributed by atoms with van der Waals surface area (Å²) in [7, 11) is 0. The van der Waals surface area contributed by atoms with Crippen molar-refractivity contribution in [2.24, 2.45) is 10.9 Å². The molecule has 0 spiro atoms. The largest absolute Gasteiger partial charge is 0.357 e. The molecule has 1 unspecified atom stereocenters. The standard InChI is InChI=1S/C19H31FN4/c1-4-21-19(22-12-16-7-9-18(20)10-8-16)23-13-17-6-5-11-24(14-17)15(2)3/h7-10,15,17H,4-6,11-14H2,1-3H3,(H2,21,22,23). The van der Waals surface area contributed by atoms with Crippen LogP contribution >= 0.6 is 0 Å². The van der Waals surface area contributed by atoms with Gasteiger partial charge in [0.1, 0.15) is 5.82 Å². The molecule has 1 atom stereocenters. The molecular weight excluding hydrogens is 303 g/mol. The summed E-state index contributed by atoms with van der Waals surface area (Å²) in [6, 6.07) is 7.14. The summed E-state index contributed by atoms with van der Waals surface area (Å²) in [6.07, 6.45) is 2.54. The number of halogens is 1. The number of guanidine groups is 1. The second kappa shape index (κ2) is 9.62. The van der Waals surface area contributed by atoms with Crippen molar-refractivity contribution in [2.45, 2.75) is 46.2 Å². The summed E-state index contributed by atoms with van der Waals surface area (Å²) >= 11 is 0. The van der Waals surface area contributed by atoms with Crippen LogP contribution in [0.25, 0.3) is 0 Å². The molecule has 24 heavy (non-hydrogen) atoms. The highest BCUT2D eigenvalue weighted by Crippen LogP contribution is 2.17. The molecule has 2 N–H and O–H groups in total. The maximum absolute atomic E-state index is 13.0. The monoisotopic (exact) mass is 334 g/mol. The van der Waals surface area contributed by atoms with Gasteiger partial charge in [0.25, 0.3) is 0 Å². The number of piperidine rings is 1. The molecule has 1 aromatic carbocycles. The lowest BCUT2D eigenvalue weighted by Gasteiger charge is -2.35. The predicted octanol–water partition coefficient (Wildman–Crippen LogP) is 3.00. The predicted molar refractivity (Wildman–Crippen MR) is 98.7 cm³/mol. The Morgan fingerprint density at radius 3 is 2.71 bits per heavy atom. The van der Waals surface area contributed by atoms with Crippen LogP contribution in [-0.2, 0) is 6.54 Å². The van der Waals surface area contributed by atoms with Crippen LogP contribution in [0.1, 0.15) is 39.2 Å². The van der Waals surface area contributed by atoms with E-state index in [0.717, 1.165) is 31.2 Å². The normalized spacial score (nSPS) is 19.5. The van der Waals surface area contributed by atoms with Gasteiger partial charge in [0.05, 0.1) is 6.54 Å². The molecule has 1 fully saturated rings. The van der Waals surface area contributed by atoms with E-state index < -0.39 is 0 Å². The van der Waals surface area contributed by atoms with E-state index in [1.165, 1.54) is 31.5 Å². The number of benzene rings is 1. The number of rotatable bonds is 6. The highest BCUT2D eigenvalue weighted by atomic mass is 19.1. The number of nitrogens with one attached hydrogen (secondary N) is 2. The second-order valence-electron chi connectivity index (χ2n) is 6.80. The third-order valence-electron chi connectivity index (χ3n) is 4.52. The van der Waals surface area contributed by atoms with Gasteiger partial charge in [-0.15, -0.1) is 0 Å². The summed E-state index contributed by atoms with van der Waals surface area (Å²) in [5.74, 6) is 1.29. The molecule has 0 radical (unpaired) electrons. The summed E-state index contributed by atoms with van der Waals surface area (Å²) < 4.78 is 13.0. The highest BCUT2D eigenvalue weighted by molar-refractivity contribution is 5.79. The van der Waals surface area contributed by atoms with Gasteiger partial charge in [-0.2, -0.15) is 0 Å². The zero-order valence-corrected chi connectivity index (χ0v) is 15.2. The lowest BCUT2D eigenvalue weighted by molar-refractivity contribution is 0.141. The van der Waals surface area contributed by atoms with Gasteiger partial charge in [-0.3, -0.25) is 0 Å². The number of likely N-dealkylation sites (tertiary alicyclic amines) is 1. The van der Waals surface area contributed by atoms with Crippen LogP contribution in [-0.4, -0.2) is 43.1 Å². The van der Waals surface area contributed by atoms with E-state index in [4.69, 9.17) is 0 Å². The number of hydrogen-bond acceptors (Lipinski definition) is 2. The van der Waals surface area contributed by atoms with Crippen molar-refractivity contribution in [1.82, 2.24) is 15.5 Å². The van der Waals surface area contributed by atoms with Crippen molar-refractivity contribution in [3.63, 3.8) is 0 Å². The van der Waals surface area contributed by atoms with Crippen LogP contribution < -0.4 is 10.6 Å². The van der Waals surface area contributed by atoms with Gasteiger partial charge in [-0.25, -0.2) is 9.38 Å². The van der Waals surface area contributed by atoms with Gasteiger partial charge in [-0.1, -0.05) is 12.1 Å². The fourth-order valence-corrected chi connectivity index (χ4v) is 3.08. The zero-order chi connectivity index (χ0) is 17.4. The fourth-order valence-electron chi connectivity index (χ4n) is 3.08. The third-order valence-corrected chi connectivity index (χ3v) is 4.52. The molecule has 1 aromatic rings. The first-order valence-electron chi connectivity index (χ1n) is 9.09. The Morgan fingerprint density at radius 1 is 1.29 bits per heavy atom. The first-order valence-corrected chi connectivity index (χ1v) is 9.09. The van der Waals surface area contributed by atoms with Gasteiger partial charge in [0, 0.05) is 25.7 Å². The van der Waals surface area contributed by atoms with E-state index in [1.807, 2.05) is 0 Å². The molecule has 134 valence electrons. The van der Waals surface area contributed by atoms with Crippen LogP contribution in [0.4, 0.5) is 4.39 Å². The fraction of sp³-hybridized carbons (Fsp3) is 0.632. The summed E-state index contributed by atoms with van der Waals surface area (Å²) in [4.78, 5) is 7.16. The Labute approximate surface area is 145 Å². The van der Waals surface area contributed by atoms with Gasteiger partial charge in [-0.05, 0) is 63.8 Å². The molecule has 5 heteroatoms. The average Bonchev–Trinajstić information content (AvgIpc) is 2.59. The Hall–Kier alpha value is -1.62. The minimum Gasteiger partial charge on any atom is -0.357 e. The van der Waals surface area contributed by atoms with Crippen molar-refractivity contribution < 1.29 is 4.39 Å². The maximum Gasteiger partial charge on any atom is 0.191 e. The Balaban J connectivity index is 1.86. The quantitative estimate of drug-likeness (QED) is 0.620. The van der Waals surface area contributed by atoms with Gasteiger partial charge in [0.2, 0.25) is 0 Å². The van der Waals surface area contributed by atoms with Crippen LogP contribution in [0.5, 0.6) is 0 Å². The van der Waals surface area contributed by atoms with E-state index in [0.29, 0.717) is 18.5 Å². The minimum absolute atomic E-state index is 0.209. The first-order chi connectivity index (χ1) is 11.6. The topological polar surface area (TPSA) is 39.7 Å². The zero-order valence-electron chi connectivity index (χ0n) is 15.2. The maximum atomic E-state index is 13.0. The average molecular weight is 334 g/mol. The van der Waals surface area contributed by atoms with Crippen molar-refractivity contribution in [1.29, 1.82) is 0 Å². The smallest absolute Gasteiger partial charge is 0.191 e. The molecule has 0 saturated carbocycles. The molecule has 0 aliphatic carbocycles. The SMILES string of the molecule is CCNC(=NCc1ccc(F)cc1)NCC1CCCN(C(C)C)C1. The molecule has 1 saturated heterocycles. The van der Waals surface area contributed by atoms with Gasteiger partial charge in [0.15, 0.2) is 5.96 Å². The third kappa shape index (κ3) is 6.11. The minimum atomic E-state index is -0.209. The lowest BCUT2D eigenvalue weighted by atomic mass is 9.97. The second-order valence-corrected chi connectivity index (χ2v) is 6.80. The molecule has 1 aliphatic rings. The number of hydrogen-bond donors (Lipinski definition) is 2. The molecule has 0 amide bonds. The Bertz CT molecular complexity index is 513. The lowest BCUT2D eigenvalue weighted by Crippen LogP contribution is -2.46. The van der Waals surface area contributed by atoms with Crippen molar-refractivity contribution in [3.05, 3.63) is 35.6 Å². The van der Waals surface area contributed by atoms with E-state index in [-0.39, 0.29) is 5.82 Å². The van der Waals surface area contributed by atoms with Crippen LogP contribution in [0.3, 0.4) is 0 Å². The number of nitrogens with zero attached hydrogens (tertiary/aromatic N) is 2. The van der Waals surface area contributed by atoms with Gasteiger partial charge >= 0.3 is 0 Å². The van der Waals surface area contributed by atoms with Crippen molar-refractivity contribution in [3.8, 4) is 0 Å². The van der Waals surface area contributed by atoms with Crippen LogP contribution in [0.2, 0.25) is 0 Å². The highest BCUT2D eigenvalue weighted by Gasteiger charge is 2.21. The molecule has 2 rings (SSSR count). The summed E-state index contributed by atoms with van der Waals surface area (Å²) in [6.45, 7) is 11.3. The van der Waals surface area contributed by atoms with E-state index in [9.17, 15) is 4.39 Å². The Morgan fingerprint density at radius 2 is 2.04 bits per heavy atom. The molecule has 1 aliphatic heterocycles. The van der Waals surface area contributed by atoms with Crippen molar-refractivity contribution >= 4 is 5.96 Å². The molecule has 4 nitrogen and oxygen atoms in total. The molecule has 0 aromatic heterocycles. The Kier molecular flexibility index (Phi) is 7.50. The first kappa shape index (κ1) is 18.7. The molecule has 0 bridgehead atoms. The summed E-state index contributed by atoms with van der Waals surface area (Å²) in [5, 5.41) is 6.76.